The van der Waals surface area contributed by atoms with Gasteiger partial charge in [0, 0.05) is 26.5 Å². The molecule has 0 aliphatic heterocycles. The first-order valence-corrected chi connectivity index (χ1v) is 5.19. The average Bonchev–Trinajstić information content (AvgIpc) is 2.24. The van der Waals surface area contributed by atoms with E-state index in [0.29, 0.717) is 0 Å². The van der Waals surface area contributed by atoms with Crippen molar-refractivity contribution in [2.75, 3.05) is 31.3 Å². The Morgan fingerprint density at radius 3 is 3.00 bits per heavy atom. The van der Waals surface area contributed by atoms with E-state index < -0.39 is 0 Å². The molecule has 1 heterocycles. The summed E-state index contributed by atoms with van der Waals surface area (Å²) < 4.78 is 4.97. The van der Waals surface area contributed by atoms with Crippen LogP contribution in [0, 0.1) is 6.92 Å². The molecule has 0 spiro atoms. The predicted molar refractivity (Wildman–Crippen MR) is 63.0 cm³/mol. The van der Waals surface area contributed by atoms with Crippen LogP contribution in [0.4, 0.5) is 11.5 Å². The zero-order valence-electron chi connectivity index (χ0n) is 9.42. The number of ether oxygens (including phenoxy) is 1. The molecule has 4 nitrogen and oxygen atoms in total. The largest absolute Gasteiger partial charge is 0.396 e. The van der Waals surface area contributed by atoms with Gasteiger partial charge in [0.1, 0.15) is 5.82 Å². The molecule has 0 aromatic carbocycles. The molecule has 1 rings (SSSR count). The lowest BCUT2D eigenvalue weighted by molar-refractivity contribution is 0.194. The molecule has 1 aromatic heterocycles. The van der Waals surface area contributed by atoms with Crippen LogP contribution in [0.25, 0.3) is 0 Å². The molecule has 0 aliphatic rings. The Kier molecular flexibility index (Phi) is 4.90. The molecule has 0 radical (unpaired) electrons. The van der Waals surface area contributed by atoms with Gasteiger partial charge in [0.05, 0.1) is 5.69 Å². The highest BCUT2D eigenvalue weighted by molar-refractivity contribution is 5.64. The molecular formula is C11H19N3O. The van der Waals surface area contributed by atoms with Crippen molar-refractivity contribution in [2.45, 2.75) is 19.8 Å². The smallest absolute Gasteiger partial charge is 0.149 e. The Hall–Kier alpha value is -1.29. The summed E-state index contributed by atoms with van der Waals surface area (Å²) in [6.45, 7) is 3.66. The maximum absolute atomic E-state index is 5.87. The van der Waals surface area contributed by atoms with Crippen molar-refractivity contribution in [3.8, 4) is 0 Å². The van der Waals surface area contributed by atoms with Crippen molar-refractivity contribution in [1.29, 1.82) is 0 Å². The molecule has 0 saturated carbocycles. The van der Waals surface area contributed by atoms with E-state index in [0.717, 1.165) is 43.1 Å². The maximum atomic E-state index is 5.87. The van der Waals surface area contributed by atoms with E-state index in [1.165, 1.54) is 0 Å². The summed E-state index contributed by atoms with van der Waals surface area (Å²) in [6, 6.07) is 1.91. The van der Waals surface area contributed by atoms with Crippen LogP contribution in [0.15, 0.2) is 12.3 Å². The zero-order chi connectivity index (χ0) is 11.1. The van der Waals surface area contributed by atoms with Gasteiger partial charge in [-0.15, -0.1) is 0 Å². The molecule has 0 amide bonds. The number of nitrogens with zero attached hydrogens (tertiary/aromatic N) is 1. The van der Waals surface area contributed by atoms with E-state index in [-0.39, 0.29) is 0 Å². The van der Waals surface area contributed by atoms with Gasteiger partial charge < -0.3 is 15.8 Å². The highest BCUT2D eigenvalue weighted by atomic mass is 16.5. The van der Waals surface area contributed by atoms with Crippen LogP contribution in [0.1, 0.15) is 18.4 Å². The third kappa shape index (κ3) is 3.75. The molecule has 0 atom stereocenters. The number of nitrogens with one attached hydrogen (secondary N) is 1. The van der Waals surface area contributed by atoms with E-state index in [1.54, 1.807) is 13.3 Å². The zero-order valence-corrected chi connectivity index (χ0v) is 9.42. The number of unbranched alkanes of at least 4 members (excludes halogenated alkanes) is 1. The monoisotopic (exact) mass is 209 g/mol. The number of aromatic nitrogens is 1. The fraction of sp³-hybridized carbons (Fsp3) is 0.545. The molecule has 15 heavy (non-hydrogen) atoms. The van der Waals surface area contributed by atoms with Crippen LogP contribution >= 0.6 is 0 Å². The van der Waals surface area contributed by atoms with Crippen LogP contribution < -0.4 is 11.1 Å². The lowest BCUT2D eigenvalue weighted by atomic mass is 10.2. The highest BCUT2D eigenvalue weighted by Gasteiger charge is 2.01. The molecule has 0 unspecified atom stereocenters. The summed E-state index contributed by atoms with van der Waals surface area (Å²) in [5.41, 5.74) is 7.67. The van der Waals surface area contributed by atoms with Crippen molar-refractivity contribution < 1.29 is 4.74 Å². The normalized spacial score (nSPS) is 10.3. The van der Waals surface area contributed by atoms with Gasteiger partial charge in [-0.3, -0.25) is 0 Å². The number of methoxy groups -OCH3 is 1. The number of anilines is 2. The first-order chi connectivity index (χ1) is 7.25. The Balaban J connectivity index is 2.34. The van der Waals surface area contributed by atoms with Gasteiger partial charge >= 0.3 is 0 Å². The topological polar surface area (TPSA) is 60.2 Å². The van der Waals surface area contributed by atoms with Crippen LogP contribution in [0.2, 0.25) is 0 Å². The third-order valence-corrected chi connectivity index (χ3v) is 2.28. The van der Waals surface area contributed by atoms with Gasteiger partial charge in [0.15, 0.2) is 0 Å². The van der Waals surface area contributed by atoms with Crippen molar-refractivity contribution >= 4 is 11.5 Å². The lowest BCUT2D eigenvalue weighted by Crippen LogP contribution is -2.07. The molecule has 0 fully saturated rings. The molecule has 3 N–H and O–H groups in total. The molecule has 0 saturated heterocycles. The SMILES string of the molecule is COCCCCNc1nccc(C)c1N. The summed E-state index contributed by atoms with van der Waals surface area (Å²) in [4.78, 5) is 4.19. The summed E-state index contributed by atoms with van der Waals surface area (Å²) >= 11 is 0. The summed E-state index contributed by atoms with van der Waals surface area (Å²) in [7, 11) is 1.72. The molecule has 1 aromatic rings. The van der Waals surface area contributed by atoms with Gasteiger partial charge in [-0.1, -0.05) is 0 Å². The van der Waals surface area contributed by atoms with Crippen molar-refractivity contribution in [3.63, 3.8) is 0 Å². The molecule has 4 heteroatoms. The molecule has 0 bridgehead atoms. The third-order valence-electron chi connectivity index (χ3n) is 2.28. The van der Waals surface area contributed by atoms with Crippen LogP contribution in [0.5, 0.6) is 0 Å². The second-order valence-corrected chi connectivity index (χ2v) is 3.52. The minimum absolute atomic E-state index is 0.740. The number of aryl methyl sites for hydroxylation is 1. The van der Waals surface area contributed by atoms with E-state index in [4.69, 9.17) is 10.5 Å². The number of hydrogen-bond donors (Lipinski definition) is 2. The second-order valence-electron chi connectivity index (χ2n) is 3.52. The minimum Gasteiger partial charge on any atom is -0.396 e. The van der Waals surface area contributed by atoms with E-state index in [2.05, 4.69) is 10.3 Å². The molecular weight excluding hydrogens is 190 g/mol. The summed E-state index contributed by atoms with van der Waals surface area (Å²) in [5.74, 6) is 0.785. The fourth-order valence-corrected chi connectivity index (χ4v) is 1.29. The first kappa shape index (κ1) is 11.8. The standard InChI is InChI=1S/C11H19N3O/c1-9-5-7-14-11(10(9)12)13-6-3-4-8-15-2/h5,7H,3-4,6,8,12H2,1-2H3,(H,13,14). The highest BCUT2D eigenvalue weighted by Crippen LogP contribution is 2.18. The van der Waals surface area contributed by atoms with Crippen LogP contribution in [-0.4, -0.2) is 25.2 Å². The predicted octanol–water partition coefficient (Wildman–Crippen LogP) is 1.81. The summed E-state index contributed by atoms with van der Waals surface area (Å²) in [6.07, 6.45) is 3.88. The first-order valence-electron chi connectivity index (χ1n) is 5.19. The quantitative estimate of drug-likeness (QED) is 0.701. The molecule has 84 valence electrons. The fourth-order valence-electron chi connectivity index (χ4n) is 1.29. The van der Waals surface area contributed by atoms with Gasteiger partial charge in [0.25, 0.3) is 0 Å². The van der Waals surface area contributed by atoms with E-state index in [1.807, 2.05) is 13.0 Å². The molecule has 0 aliphatic carbocycles. The van der Waals surface area contributed by atoms with Crippen LogP contribution in [0.3, 0.4) is 0 Å². The van der Waals surface area contributed by atoms with Crippen molar-refractivity contribution in [1.82, 2.24) is 4.98 Å². The number of pyridine rings is 1. The van der Waals surface area contributed by atoms with E-state index in [9.17, 15) is 0 Å². The Bertz CT molecular complexity index is 302. The number of nitrogens with two attached hydrogens (primary N) is 1. The lowest BCUT2D eigenvalue weighted by Gasteiger charge is -2.09. The van der Waals surface area contributed by atoms with Gasteiger partial charge in [-0.05, 0) is 31.4 Å². The van der Waals surface area contributed by atoms with E-state index >= 15 is 0 Å². The average molecular weight is 209 g/mol. The maximum Gasteiger partial charge on any atom is 0.149 e. The Morgan fingerprint density at radius 1 is 1.47 bits per heavy atom. The van der Waals surface area contributed by atoms with Crippen LogP contribution in [-0.2, 0) is 4.74 Å². The van der Waals surface area contributed by atoms with Crippen molar-refractivity contribution in [2.24, 2.45) is 0 Å². The Morgan fingerprint density at radius 2 is 2.27 bits per heavy atom. The van der Waals surface area contributed by atoms with Gasteiger partial charge in [-0.2, -0.15) is 0 Å². The van der Waals surface area contributed by atoms with Gasteiger partial charge in [0.2, 0.25) is 0 Å². The van der Waals surface area contributed by atoms with Crippen molar-refractivity contribution in [3.05, 3.63) is 17.8 Å². The number of rotatable bonds is 6. The summed E-state index contributed by atoms with van der Waals surface area (Å²) in [5, 5.41) is 3.22. The minimum atomic E-state index is 0.740. The van der Waals surface area contributed by atoms with Gasteiger partial charge in [-0.25, -0.2) is 4.98 Å². The second kappa shape index (κ2) is 6.24. The number of hydrogen-bond acceptors (Lipinski definition) is 4. The Labute approximate surface area is 90.8 Å². The number of nitrogen functional groups attached to an aromatic ring is 1.